The maximum absolute atomic E-state index is 12.1. The van der Waals surface area contributed by atoms with E-state index in [2.05, 4.69) is 15.0 Å². The first-order chi connectivity index (χ1) is 11.9. The van der Waals surface area contributed by atoms with Gasteiger partial charge >= 0.3 is 6.36 Å². The number of nitrogens with one attached hydrogen (secondary N) is 1. The van der Waals surface area contributed by atoms with Gasteiger partial charge in [0, 0.05) is 6.20 Å². The van der Waals surface area contributed by atoms with Crippen molar-refractivity contribution in [1.29, 1.82) is 0 Å². The summed E-state index contributed by atoms with van der Waals surface area (Å²) in [6, 6.07) is 8.37. The average molecular weight is 372 g/mol. The van der Waals surface area contributed by atoms with Crippen LogP contribution in [0, 0.1) is 0 Å². The normalized spacial score (nSPS) is 11.0. The van der Waals surface area contributed by atoms with E-state index < -0.39 is 6.36 Å². The van der Waals surface area contributed by atoms with Gasteiger partial charge in [-0.3, -0.25) is 4.79 Å². The van der Waals surface area contributed by atoms with Gasteiger partial charge in [0.15, 0.2) is 0 Å². The number of hydrogen-bond acceptors (Lipinski definition) is 5. The van der Waals surface area contributed by atoms with E-state index in [1.165, 1.54) is 23.9 Å². The predicted molar refractivity (Wildman–Crippen MR) is 87.0 cm³/mol. The number of hydrogen-bond donors (Lipinski definition) is 1. The summed E-state index contributed by atoms with van der Waals surface area (Å²) in [6.07, 6.45) is -1.29. The molecule has 1 aromatic heterocycles. The Balaban J connectivity index is 1.78. The van der Waals surface area contributed by atoms with Gasteiger partial charge in [0.1, 0.15) is 23.1 Å². The Hall–Kier alpha value is -2.42. The molecule has 0 aliphatic rings. The molecule has 0 fully saturated rings. The smallest absolute Gasteiger partial charge is 0.492 e. The van der Waals surface area contributed by atoms with Crippen molar-refractivity contribution in [3.05, 3.63) is 48.2 Å². The number of nitrogens with zero attached hydrogens (tertiary/aromatic N) is 1. The number of aromatic nitrogens is 1. The van der Waals surface area contributed by atoms with Crippen molar-refractivity contribution in [2.75, 3.05) is 19.4 Å². The topological polar surface area (TPSA) is 60.5 Å². The molecule has 1 aromatic carbocycles. The zero-order chi connectivity index (χ0) is 18.3. The molecule has 0 aliphatic heterocycles. The van der Waals surface area contributed by atoms with Crippen LogP contribution in [0.2, 0.25) is 0 Å². The quantitative estimate of drug-likeness (QED) is 0.595. The minimum absolute atomic E-state index is 0.167. The fraction of sp³-hybridized carbons (Fsp3) is 0.250. The zero-order valence-electron chi connectivity index (χ0n) is 13.2. The lowest BCUT2D eigenvalue weighted by molar-refractivity contribution is -0.274. The van der Waals surface area contributed by atoms with Gasteiger partial charge < -0.3 is 14.8 Å². The molecule has 25 heavy (non-hydrogen) atoms. The van der Waals surface area contributed by atoms with Gasteiger partial charge in [-0.05, 0) is 42.7 Å². The van der Waals surface area contributed by atoms with Gasteiger partial charge in [-0.15, -0.1) is 24.9 Å². The molecule has 0 saturated heterocycles. The Kier molecular flexibility index (Phi) is 6.51. The number of carbonyl (C=O) groups is 1. The maximum Gasteiger partial charge on any atom is 0.573 e. The molecule has 1 amide bonds. The number of amides is 1. The summed E-state index contributed by atoms with van der Waals surface area (Å²) in [5, 5.41) is 3.32. The Morgan fingerprint density at radius 1 is 1.20 bits per heavy atom. The number of carbonyl (C=O) groups excluding carboxylic acids is 1. The number of ether oxygens (including phenoxy) is 2. The van der Waals surface area contributed by atoms with Crippen LogP contribution >= 0.6 is 11.8 Å². The third kappa shape index (κ3) is 6.18. The van der Waals surface area contributed by atoms with Crippen molar-refractivity contribution in [3.63, 3.8) is 0 Å². The van der Waals surface area contributed by atoms with Crippen LogP contribution in [0.5, 0.6) is 11.5 Å². The number of alkyl halides is 3. The molecule has 0 saturated carbocycles. The van der Waals surface area contributed by atoms with Crippen molar-refractivity contribution in [2.24, 2.45) is 0 Å². The molecule has 0 spiro atoms. The predicted octanol–water partition coefficient (Wildman–Crippen LogP) is 3.51. The molecule has 1 N–H and O–H groups in total. The summed E-state index contributed by atoms with van der Waals surface area (Å²) < 4.78 is 45.3. The summed E-state index contributed by atoms with van der Waals surface area (Å²) in [4.78, 5) is 16.2. The molecule has 0 radical (unpaired) electrons. The number of rotatable bonds is 7. The van der Waals surface area contributed by atoms with E-state index >= 15 is 0 Å². The second-order valence-electron chi connectivity index (χ2n) is 4.68. The number of thioether (sulfide) groups is 1. The van der Waals surface area contributed by atoms with Gasteiger partial charge in [-0.1, -0.05) is 0 Å². The summed E-state index contributed by atoms with van der Waals surface area (Å²) in [5.74, 6) is -0.223. The third-order valence-corrected chi connectivity index (χ3v) is 3.63. The Labute approximate surface area is 146 Å². The van der Waals surface area contributed by atoms with E-state index in [9.17, 15) is 18.0 Å². The molecular weight excluding hydrogens is 357 g/mol. The molecule has 0 aliphatic carbocycles. The van der Waals surface area contributed by atoms with Crippen molar-refractivity contribution >= 4 is 17.7 Å². The van der Waals surface area contributed by atoms with Crippen LogP contribution < -0.4 is 14.8 Å². The molecule has 0 atom stereocenters. The summed E-state index contributed by atoms with van der Waals surface area (Å²) in [5.41, 5.74) is 0.476. The first-order valence-electron chi connectivity index (χ1n) is 7.15. The summed E-state index contributed by atoms with van der Waals surface area (Å²) in [7, 11) is 0. The number of halogens is 3. The highest BCUT2D eigenvalue weighted by molar-refractivity contribution is 7.98. The van der Waals surface area contributed by atoms with E-state index in [-0.39, 0.29) is 24.8 Å². The van der Waals surface area contributed by atoms with Crippen LogP contribution in [0.3, 0.4) is 0 Å². The fourth-order valence-corrected chi connectivity index (χ4v) is 2.44. The number of benzene rings is 1. The first-order valence-corrected chi connectivity index (χ1v) is 8.37. The Morgan fingerprint density at radius 2 is 1.88 bits per heavy atom. The molecule has 2 rings (SSSR count). The minimum Gasteiger partial charge on any atom is -0.492 e. The summed E-state index contributed by atoms with van der Waals surface area (Å²) >= 11 is 1.37. The zero-order valence-corrected chi connectivity index (χ0v) is 14.0. The Morgan fingerprint density at radius 3 is 2.52 bits per heavy atom. The third-order valence-electron chi connectivity index (χ3n) is 2.92. The fourth-order valence-electron chi connectivity index (χ4n) is 1.89. The average Bonchev–Trinajstić information content (AvgIpc) is 2.58. The number of pyridine rings is 1. The van der Waals surface area contributed by atoms with Gasteiger partial charge in [-0.2, -0.15) is 0 Å². The van der Waals surface area contributed by atoms with Crippen molar-refractivity contribution < 1.29 is 27.4 Å². The van der Waals surface area contributed by atoms with E-state index in [1.807, 2.05) is 6.26 Å². The molecule has 9 heteroatoms. The van der Waals surface area contributed by atoms with Gasteiger partial charge in [-0.25, -0.2) is 4.98 Å². The second kappa shape index (κ2) is 8.61. The van der Waals surface area contributed by atoms with Gasteiger partial charge in [0.2, 0.25) is 0 Å². The highest BCUT2D eigenvalue weighted by Gasteiger charge is 2.30. The van der Waals surface area contributed by atoms with Crippen LogP contribution in [0.1, 0.15) is 10.4 Å². The van der Waals surface area contributed by atoms with Crippen LogP contribution in [-0.4, -0.2) is 36.7 Å². The van der Waals surface area contributed by atoms with Crippen molar-refractivity contribution in [3.8, 4) is 11.5 Å². The SMILES string of the molecule is CSc1ncccc1C(=O)NCCOc1ccc(OC(F)(F)F)cc1. The first kappa shape index (κ1) is 18.9. The van der Waals surface area contributed by atoms with Crippen molar-refractivity contribution in [1.82, 2.24) is 10.3 Å². The molecule has 5 nitrogen and oxygen atoms in total. The monoisotopic (exact) mass is 372 g/mol. The molecular formula is C16H15F3N2O3S. The molecule has 1 heterocycles. The van der Waals surface area contributed by atoms with Gasteiger partial charge in [0.25, 0.3) is 5.91 Å². The van der Waals surface area contributed by atoms with Crippen LogP contribution in [-0.2, 0) is 0 Å². The lowest BCUT2D eigenvalue weighted by Crippen LogP contribution is -2.28. The second-order valence-corrected chi connectivity index (χ2v) is 5.48. The summed E-state index contributed by atoms with van der Waals surface area (Å²) in [6.45, 7) is 0.405. The van der Waals surface area contributed by atoms with E-state index in [0.717, 1.165) is 12.1 Å². The molecule has 134 valence electrons. The van der Waals surface area contributed by atoms with Crippen LogP contribution in [0.15, 0.2) is 47.6 Å². The van der Waals surface area contributed by atoms with E-state index in [0.29, 0.717) is 16.3 Å². The van der Waals surface area contributed by atoms with Crippen LogP contribution in [0.25, 0.3) is 0 Å². The minimum atomic E-state index is -4.73. The van der Waals surface area contributed by atoms with Crippen LogP contribution in [0.4, 0.5) is 13.2 Å². The van der Waals surface area contributed by atoms with Gasteiger partial charge in [0.05, 0.1) is 12.1 Å². The lowest BCUT2D eigenvalue weighted by Gasteiger charge is -2.11. The maximum atomic E-state index is 12.1. The highest BCUT2D eigenvalue weighted by Crippen LogP contribution is 2.24. The highest BCUT2D eigenvalue weighted by atomic mass is 32.2. The largest absolute Gasteiger partial charge is 0.573 e. The molecule has 2 aromatic rings. The van der Waals surface area contributed by atoms with E-state index in [4.69, 9.17) is 4.74 Å². The standard InChI is InChI=1S/C16H15F3N2O3S/c1-25-15-13(3-2-8-21-15)14(22)20-9-10-23-11-4-6-12(7-5-11)24-16(17,18)19/h2-8H,9-10H2,1H3,(H,20,22). The van der Waals surface area contributed by atoms with Crippen molar-refractivity contribution in [2.45, 2.75) is 11.4 Å². The lowest BCUT2D eigenvalue weighted by atomic mass is 10.2. The Bertz CT molecular complexity index is 709. The molecule has 0 bridgehead atoms. The molecule has 0 unspecified atom stereocenters. The van der Waals surface area contributed by atoms with E-state index in [1.54, 1.807) is 18.3 Å².